The number of unbranched alkanes of at least 4 members (excludes halogenated alkanes) is 1. The highest BCUT2D eigenvalue weighted by Gasteiger charge is 2.23. The molecule has 2 aromatic rings. The van der Waals surface area contributed by atoms with Gasteiger partial charge in [-0.15, -0.1) is 11.3 Å². The third-order valence-electron chi connectivity index (χ3n) is 5.08. The lowest BCUT2D eigenvalue weighted by molar-refractivity contribution is -0.141. The van der Waals surface area contributed by atoms with E-state index >= 15 is 0 Å². The normalized spacial score (nSPS) is 12.1. The van der Waals surface area contributed by atoms with Crippen LogP contribution in [-0.2, 0) is 27.4 Å². The van der Waals surface area contributed by atoms with E-state index in [2.05, 4.69) is 0 Å². The molecule has 3 rings (SSSR count). The van der Waals surface area contributed by atoms with Crippen LogP contribution in [0.3, 0.4) is 0 Å². The number of nitrogens with zero attached hydrogens (tertiary/aromatic N) is 2. The van der Waals surface area contributed by atoms with E-state index in [0.717, 1.165) is 23.3 Å². The van der Waals surface area contributed by atoms with Crippen molar-refractivity contribution in [3.8, 4) is 11.5 Å². The molecule has 0 saturated heterocycles. The van der Waals surface area contributed by atoms with Crippen molar-refractivity contribution in [2.75, 3.05) is 33.6 Å². The zero-order valence-corrected chi connectivity index (χ0v) is 19.0. The summed E-state index contributed by atoms with van der Waals surface area (Å²) in [5.41, 5.74) is 0.954. The van der Waals surface area contributed by atoms with E-state index in [-0.39, 0.29) is 25.2 Å². The number of carbonyl (C=O) groups is 2. The molecule has 2 heterocycles. The Morgan fingerprint density at radius 3 is 2.68 bits per heavy atom. The van der Waals surface area contributed by atoms with Gasteiger partial charge in [0, 0.05) is 31.5 Å². The maximum atomic E-state index is 13.3. The quantitative estimate of drug-likeness (QED) is 0.498. The van der Waals surface area contributed by atoms with Gasteiger partial charge in [0.1, 0.15) is 0 Å². The molecule has 7 nitrogen and oxygen atoms in total. The maximum Gasteiger partial charge on any atom is 0.242 e. The fourth-order valence-electron chi connectivity index (χ4n) is 3.33. The van der Waals surface area contributed by atoms with Gasteiger partial charge in [0.25, 0.3) is 0 Å². The molecule has 1 aliphatic rings. The molecule has 0 fully saturated rings. The van der Waals surface area contributed by atoms with Crippen LogP contribution in [-0.4, -0.2) is 55.2 Å². The molecule has 0 aliphatic carbocycles. The predicted molar refractivity (Wildman–Crippen MR) is 119 cm³/mol. The zero-order valence-electron chi connectivity index (χ0n) is 18.2. The van der Waals surface area contributed by atoms with Crippen LogP contribution in [0.1, 0.15) is 36.6 Å². The molecular weight excluding hydrogens is 416 g/mol. The van der Waals surface area contributed by atoms with Crippen LogP contribution in [0.15, 0.2) is 35.7 Å². The number of methoxy groups -OCH3 is 1. The van der Waals surface area contributed by atoms with Crippen molar-refractivity contribution in [3.05, 3.63) is 46.2 Å². The Morgan fingerprint density at radius 2 is 1.94 bits per heavy atom. The van der Waals surface area contributed by atoms with E-state index in [1.165, 1.54) is 0 Å². The standard InChI is InChI=1S/C23H30N2O5S/c1-3-4-7-22(26)24(10-11-28-2)16-23(27)25(15-19-6-5-12-31-19)14-18-8-9-20-21(13-18)30-17-29-20/h5-6,8-9,12-13H,3-4,7,10-11,14-17H2,1-2H3. The summed E-state index contributed by atoms with van der Waals surface area (Å²) in [6.07, 6.45) is 2.19. The molecule has 0 atom stereocenters. The molecule has 0 radical (unpaired) electrons. The number of fused-ring (bicyclic) bond motifs is 1. The Morgan fingerprint density at radius 1 is 1.10 bits per heavy atom. The Bertz CT molecular complexity index is 856. The molecule has 0 spiro atoms. The minimum atomic E-state index is -0.0907. The van der Waals surface area contributed by atoms with E-state index in [1.54, 1.807) is 28.2 Å². The molecule has 0 unspecified atom stereocenters. The molecule has 0 bridgehead atoms. The van der Waals surface area contributed by atoms with Crippen molar-refractivity contribution in [1.29, 1.82) is 0 Å². The van der Waals surface area contributed by atoms with Crippen LogP contribution in [0.25, 0.3) is 0 Å². The summed E-state index contributed by atoms with van der Waals surface area (Å²) in [6, 6.07) is 9.70. The molecule has 31 heavy (non-hydrogen) atoms. The minimum Gasteiger partial charge on any atom is -0.454 e. The number of hydrogen-bond donors (Lipinski definition) is 0. The van der Waals surface area contributed by atoms with E-state index in [9.17, 15) is 9.59 Å². The van der Waals surface area contributed by atoms with Crippen LogP contribution >= 0.6 is 11.3 Å². The fourth-order valence-corrected chi connectivity index (χ4v) is 4.04. The lowest BCUT2D eigenvalue weighted by Gasteiger charge is -2.27. The monoisotopic (exact) mass is 446 g/mol. The average Bonchev–Trinajstić information content (AvgIpc) is 3.45. The second kappa shape index (κ2) is 11.7. The minimum absolute atomic E-state index is 0.00796. The van der Waals surface area contributed by atoms with Crippen LogP contribution in [0.2, 0.25) is 0 Å². The lowest BCUT2D eigenvalue weighted by atomic mass is 10.1. The number of ether oxygens (including phenoxy) is 3. The third kappa shape index (κ3) is 6.70. The first-order valence-corrected chi connectivity index (χ1v) is 11.4. The highest BCUT2D eigenvalue weighted by molar-refractivity contribution is 7.09. The third-order valence-corrected chi connectivity index (χ3v) is 5.94. The summed E-state index contributed by atoms with van der Waals surface area (Å²) in [4.78, 5) is 30.4. The molecule has 2 amide bonds. The van der Waals surface area contributed by atoms with Gasteiger partial charge in [0.05, 0.1) is 19.7 Å². The van der Waals surface area contributed by atoms with Crippen molar-refractivity contribution >= 4 is 23.2 Å². The largest absolute Gasteiger partial charge is 0.454 e. The Labute approximate surface area is 187 Å². The van der Waals surface area contributed by atoms with E-state index in [1.807, 2.05) is 42.6 Å². The van der Waals surface area contributed by atoms with E-state index < -0.39 is 0 Å². The number of amides is 2. The molecular formula is C23H30N2O5S. The molecule has 1 aliphatic heterocycles. The number of benzene rings is 1. The zero-order chi connectivity index (χ0) is 22.1. The first-order valence-electron chi connectivity index (χ1n) is 10.6. The molecule has 8 heteroatoms. The van der Waals surface area contributed by atoms with Crippen LogP contribution in [0.4, 0.5) is 0 Å². The van der Waals surface area contributed by atoms with Gasteiger partial charge in [0.15, 0.2) is 11.5 Å². The van der Waals surface area contributed by atoms with Gasteiger partial charge in [-0.1, -0.05) is 25.5 Å². The van der Waals surface area contributed by atoms with Crippen molar-refractivity contribution in [2.24, 2.45) is 0 Å². The van der Waals surface area contributed by atoms with Gasteiger partial charge >= 0.3 is 0 Å². The van der Waals surface area contributed by atoms with E-state index in [0.29, 0.717) is 44.2 Å². The van der Waals surface area contributed by atoms with Crippen LogP contribution in [0.5, 0.6) is 11.5 Å². The van der Waals surface area contributed by atoms with Crippen molar-refractivity contribution < 1.29 is 23.8 Å². The first kappa shape index (κ1) is 23.1. The molecule has 168 valence electrons. The topological polar surface area (TPSA) is 68.3 Å². The summed E-state index contributed by atoms with van der Waals surface area (Å²) in [5.74, 6) is 1.31. The second-order valence-corrected chi connectivity index (χ2v) is 8.46. The molecule has 1 aromatic heterocycles. The van der Waals surface area contributed by atoms with Crippen molar-refractivity contribution in [3.63, 3.8) is 0 Å². The highest BCUT2D eigenvalue weighted by atomic mass is 32.1. The van der Waals surface area contributed by atoms with Gasteiger partial charge < -0.3 is 24.0 Å². The number of rotatable bonds is 12. The van der Waals surface area contributed by atoms with Gasteiger partial charge in [-0.2, -0.15) is 0 Å². The summed E-state index contributed by atoms with van der Waals surface area (Å²) in [6.45, 7) is 4.03. The van der Waals surface area contributed by atoms with Crippen molar-refractivity contribution in [2.45, 2.75) is 39.3 Å². The van der Waals surface area contributed by atoms with E-state index in [4.69, 9.17) is 14.2 Å². The Hall–Kier alpha value is -2.58. The fraction of sp³-hybridized carbons (Fsp3) is 0.478. The highest BCUT2D eigenvalue weighted by Crippen LogP contribution is 2.33. The number of hydrogen-bond acceptors (Lipinski definition) is 6. The summed E-state index contributed by atoms with van der Waals surface area (Å²) in [5, 5.41) is 2.00. The van der Waals surface area contributed by atoms with Gasteiger partial charge in [-0.3, -0.25) is 9.59 Å². The van der Waals surface area contributed by atoms with Gasteiger partial charge in [-0.05, 0) is 35.6 Å². The Balaban J connectivity index is 1.73. The van der Waals surface area contributed by atoms with Crippen LogP contribution < -0.4 is 9.47 Å². The summed E-state index contributed by atoms with van der Waals surface area (Å²) < 4.78 is 16.0. The van der Waals surface area contributed by atoms with Crippen molar-refractivity contribution in [1.82, 2.24) is 9.80 Å². The molecule has 1 aromatic carbocycles. The van der Waals surface area contributed by atoms with Gasteiger partial charge in [-0.25, -0.2) is 0 Å². The molecule has 0 N–H and O–H groups in total. The predicted octanol–water partition coefficient (Wildman–Crippen LogP) is 3.67. The second-order valence-electron chi connectivity index (χ2n) is 7.43. The summed E-state index contributed by atoms with van der Waals surface area (Å²) >= 11 is 1.61. The lowest BCUT2D eigenvalue weighted by Crippen LogP contribution is -2.43. The SMILES string of the molecule is CCCCC(=O)N(CCOC)CC(=O)N(Cc1ccc2c(c1)OCO2)Cc1cccs1. The van der Waals surface area contributed by atoms with Gasteiger partial charge in [0.2, 0.25) is 18.6 Å². The molecule has 0 saturated carbocycles. The van der Waals surface area contributed by atoms with Crippen LogP contribution in [0, 0.1) is 0 Å². The smallest absolute Gasteiger partial charge is 0.242 e. The first-order chi connectivity index (χ1) is 15.1. The Kier molecular flexibility index (Phi) is 8.73. The number of carbonyl (C=O) groups excluding carboxylic acids is 2. The maximum absolute atomic E-state index is 13.3. The number of thiophene rings is 1. The summed E-state index contributed by atoms with van der Waals surface area (Å²) in [7, 11) is 1.60. The average molecular weight is 447 g/mol.